The van der Waals surface area contributed by atoms with Crippen LogP contribution in [0.4, 0.5) is 4.79 Å². The molecular formula is C16H25ClN4O2. The first-order valence-corrected chi connectivity index (χ1v) is 7.73. The van der Waals surface area contributed by atoms with Gasteiger partial charge in [0.25, 0.3) is 0 Å². The van der Waals surface area contributed by atoms with Crippen LogP contribution in [0.2, 0.25) is 0 Å². The molecule has 1 aliphatic heterocycles. The second kappa shape index (κ2) is 9.37. The maximum atomic E-state index is 12.4. The number of halogens is 1. The number of benzene rings is 1. The first-order chi connectivity index (χ1) is 10.6. The molecule has 0 bridgehead atoms. The molecule has 1 fully saturated rings. The number of urea groups is 1. The van der Waals surface area contributed by atoms with Crippen LogP contribution in [0, 0.1) is 0 Å². The van der Waals surface area contributed by atoms with E-state index >= 15 is 0 Å². The minimum atomic E-state index is -0.529. The predicted molar refractivity (Wildman–Crippen MR) is 92.6 cm³/mol. The Balaban J connectivity index is 0.00000264. The minimum absolute atomic E-state index is 0. The third-order valence-electron chi connectivity index (χ3n) is 3.82. The van der Waals surface area contributed by atoms with Crippen molar-refractivity contribution in [1.29, 1.82) is 0 Å². The quantitative estimate of drug-likeness (QED) is 0.853. The number of rotatable bonds is 4. The van der Waals surface area contributed by atoms with Gasteiger partial charge in [0, 0.05) is 32.7 Å². The molecular weight excluding hydrogens is 316 g/mol. The van der Waals surface area contributed by atoms with Gasteiger partial charge in [-0.2, -0.15) is 0 Å². The predicted octanol–water partition coefficient (Wildman–Crippen LogP) is 0.852. The maximum Gasteiger partial charge on any atom is 0.317 e. The monoisotopic (exact) mass is 340 g/mol. The Bertz CT molecular complexity index is 504. The van der Waals surface area contributed by atoms with E-state index in [0.717, 1.165) is 5.56 Å². The molecule has 2 rings (SSSR count). The SMILES string of the molecule is CCNC(=O)N1CCN(C(=O)C(N)Cc2ccccc2)CC1.Cl. The topological polar surface area (TPSA) is 78.7 Å². The molecule has 0 aromatic heterocycles. The van der Waals surface area contributed by atoms with E-state index in [2.05, 4.69) is 5.32 Å². The van der Waals surface area contributed by atoms with Crippen LogP contribution in [0.25, 0.3) is 0 Å². The number of hydrogen-bond acceptors (Lipinski definition) is 3. The lowest BCUT2D eigenvalue weighted by molar-refractivity contribution is -0.134. The zero-order valence-electron chi connectivity index (χ0n) is 13.4. The molecule has 7 heteroatoms. The summed E-state index contributed by atoms with van der Waals surface area (Å²) in [5.41, 5.74) is 7.10. The fourth-order valence-corrected chi connectivity index (χ4v) is 2.58. The molecule has 3 N–H and O–H groups in total. The van der Waals surface area contributed by atoms with Crippen molar-refractivity contribution in [2.75, 3.05) is 32.7 Å². The second-order valence-corrected chi connectivity index (χ2v) is 5.44. The Morgan fingerprint density at radius 3 is 2.26 bits per heavy atom. The molecule has 1 unspecified atom stereocenters. The molecule has 3 amide bonds. The van der Waals surface area contributed by atoms with Crippen LogP contribution in [-0.2, 0) is 11.2 Å². The van der Waals surface area contributed by atoms with Gasteiger partial charge in [-0.1, -0.05) is 30.3 Å². The van der Waals surface area contributed by atoms with Crippen LogP contribution in [0.3, 0.4) is 0 Å². The summed E-state index contributed by atoms with van der Waals surface area (Å²) in [6, 6.07) is 9.18. The summed E-state index contributed by atoms with van der Waals surface area (Å²) in [7, 11) is 0. The number of nitrogens with two attached hydrogens (primary N) is 1. The van der Waals surface area contributed by atoms with E-state index in [1.807, 2.05) is 37.3 Å². The molecule has 1 aliphatic rings. The Kier molecular flexibility index (Phi) is 7.85. The molecule has 1 saturated heterocycles. The number of carbonyl (C=O) groups is 2. The van der Waals surface area contributed by atoms with Gasteiger partial charge in [0.15, 0.2) is 0 Å². The fraction of sp³-hybridized carbons (Fsp3) is 0.500. The highest BCUT2D eigenvalue weighted by molar-refractivity contribution is 5.85. The van der Waals surface area contributed by atoms with Crippen molar-refractivity contribution in [1.82, 2.24) is 15.1 Å². The van der Waals surface area contributed by atoms with Crippen molar-refractivity contribution in [2.45, 2.75) is 19.4 Å². The van der Waals surface area contributed by atoms with Gasteiger partial charge in [0.05, 0.1) is 6.04 Å². The summed E-state index contributed by atoms with van der Waals surface area (Å²) in [5.74, 6) is -0.0422. The summed E-state index contributed by atoms with van der Waals surface area (Å²) in [6.45, 7) is 4.68. The zero-order chi connectivity index (χ0) is 15.9. The van der Waals surface area contributed by atoms with Crippen molar-refractivity contribution in [3.8, 4) is 0 Å². The van der Waals surface area contributed by atoms with Gasteiger partial charge in [-0.05, 0) is 18.9 Å². The smallest absolute Gasteiger partial charge is 0.317 e. The number of nitrogens with zero attached hydrogens (tertiary/aromatic N) is 2. The van der Waals surface area contributed by atoms with E-state index in [4.69, 9.17) is 5.73 Å². The van der Waals surface area contributed by atoms with E-state index in [1.165, 1.54) is 0 Å². The molecule has 6 nitrogen and oxygen atoms in total. The lowest BCUT2D eigenvalue weighted by Gasteiger charge is -2.35. The van der Waals surface area contributed by atoms with Crippen LogP contribution in [0.15, 0.2) is 30.3 Å². The minimum Gasteiger partial charge on any atom is -0.338 e. The summed E-state index contributed by atoms with van der Waals surface area (Å²) in [6.07, 6.45) is 0.538. The van der Waals surface area contributed by atoms with Crippen LogP contribution < -0.4 is 11.1 Å². The van der Waals surface area contributed by atoms with E-state index in [-0.39, 0.29) is 24.3 Å². The highest BCUT2D eigenvalue weighted by Gasteiger charge is 2.26. The molecule has 0 aliphatic carbocycles. The van der Waals surface area contributed by atoms with Crippen LogP contribution in [0.5, 0.6) is 0 Å². The highest BCUT2D eigenvalue weighted by Crippen LogP contribution is 2.07. The van der Waals surface area contributed by atoms with Gasteiger partial charge < -0.3 is 20.9 Å². The Morgan fingerprint density at radius 1 is 1.13 bits per heavy atom. The summed E-state index contributed by atoms with van der Waals surface area (Å²) in [5, 5.41) is 2.77. The third kappa shape index (κ3) is 5.41. The van der Waals surface area contributed by atoms with Gasteiger partial charge in [-0.3, -0.25) is 4.79 Å². The molecule has 1 aromatic carbocycles. The van der Waals surface area contributed by atoms with Crippen molar-refractivity contribution < 1.29 is 9.59 Å². The molecule has 1 heterocycles. The largest absolute Gasteiger partial charge is 0.338 e. The van der Waals surface area contributed by atoms with Gasteiger partial charge >= 0.3 is 6.03 Å². The van der Waals surface area contributed by atoms with Gasteiger partial charge in [-0.15, -0.1) is 12.4 Å². The van der Waals surface area contributed by atoms with Crippen LogP contribution in [0.1, 0.15) is 12.5 Å². The normalized spacial score (nSPS) is 15.6. The maximum absolute atomic E-state index is 12.4. The van der Waals surface area contributed by atoms with E-state index in [0.29, 0.717) is 39.1 Å². The highest BCUT2D eigenvalue weighted by atomic mass is 35.5. The summed E-state index contributed by atoms with van der Waals surface area (Å²) >= 11 is 0. The van der Waals surface area contributed by atoms with Gasteiger partial charge in [-0.25, -0.2) is 4.79 Å². The standard InChI is InChI=1S/C16H24N4O2.ClH/c1-2-18-16(22)20-10-8-19(9-11-20)15(21)14(17)12-13-6-4-3-5-7-13;/h3-7,14H,2,8-12,17H2,1H3,(H,18,22);1H. The number of hydrogen-bond donors (Lipinski definition) is 2. The van der Waals surface area contributed by atoms with Gasteiger partial charge in [0.2, 0.25) is 5.91 Å². The molecule has 128 valence electrons. The first kappa shape index (κ1) is 19.3. The lowest BCUT2D eigenvalue weighted by atomic mass is 10.1. The average Bonchev–Trinajstić information content (AvgIpc) is 2.55. The van der Waals surface area contributed by atoms with Crippen molar-refractivity contribution in [3.05, 3.63) is 35.9 Å². The molecule has 0 spiro atoms. The second-order valence-electron chi connectivity index (χ2n) is 5.44. The van der Waals surface area contributed by atoms with Crippen LogP contribution in [-0.4, -0.2) is 60.5 Å². The van der Waals surface area contributed by atoms with E-state index in [9.17, 15) is 9.59 Å². The molecule has 1 aromatic rings. The van der Waals surface area contributed by atoms with Crippen molar-refractivity contribution in [3.63, 3.8) is 0 Å². The molecule has 0 radical (unpaired) electrons. The first-order valence-electron chi connectivity index (χ1n) is 7.73. The molecule has 1 atom stereocenters. The average molecular weight is 341 g/mol. The fourth-order valence-electron chi connectivity index (χ4n) is 2.58. The lowest BCUT2D eigenvalue weighted by Crippen LogP contribution is -2.56. The molecule has 0 saturated carbocycles. The number of piperazine rings is 1. The summed E-state index contributed by atoms with van der Waals surface area (Å²) < 4.78 is 0. The number of amides is 3. The summed E-state index contributed by atoms with van der Waals surface area (Å²) in [4.78, 5) is 27.6. The number of carbonyl (C=O) groups excluding carboxylic acids is 2. The van der Waals surface area contributed by atoms with Crippen molar-refractivity contribution in [2.24, 2.45) is 5.73 Å². The Labute approximate surface area is 143 Å². The number of nitrogens with one attached hydrogen (secondary N) is 1. The van der Waals surface area contributed by atoms with Crippen molar-refractivity contribution >= 4 is 24.3 Å². The third-order valence-corrected chi connectivity index (χ3v) is 3.82. The van der Waals surface area contributed by atoms with E-state index in [1.54, 1.807) is 9.80 Å². The van der Waals surface area contributed by atoms with Crippen LogP contribution >= 0.6 is 12.4 Å². The zero-order valence-corrected chi connectivity index (χ0v) is 14.2. The van der Waals surface area contributed by atoms with E-state index < -0.39 is 6.04 Å². The Hall–Kier alpha value is -1.79. The van der Waals surface area contributed by atoms with Gasteiger partial charge in [0.1, 0.15) is 0 Å². The Morgan fingerprint density at radius 2 is 1.70 bits per heavy atom. The molecule has 23 heavy (non-hydrogen) atoms.